The first-order valence-corrected chi connectivity index (χ1v) is 8.41. The number of hydrogen-bond acceptors (Lipinski definition) is 7. The van der Waals surface area contributed by atoms with E-state index >= 15 is 0 Å². The lowest BCUT2D eigenvalue weighted by atomic mass is 10.2. The molecule has 0 N–H and O–H groups in total. The predicted octanol–water partition coefficient (Wildman–Crippen LogP) is 3.35. The van der Waals surface area contributed by atoms with Crippen molar-refractivity contribution < 1.29 is 13.9 Å². The summed E-state index contributed by atoms with van der Waals surface area (Å²) < 4.78 is 12.6. The molecule has 0 fully saturated rings. The predicted molar refractivity (Wildman–Crippen MR) is 92.2 cm³/mol. The van der Waals surface area contributed by atoms with Crippen LogP contribution in [0.1, 0.15) is 21.3 Å². The third-order valence-electron chi connectivity index (χ3n) is 3.71. The molecule has 0 saturated carbocycles. The van der Waals surface area contributed by atoms with Gasteiger partial charge in [-0.15, -0.1) is 21.5 Å². The summed E-state index contributed by atoms with van der Waals surface area (Å²) in [6.45, 7) is 1.85. The Morgan fingerprint density at radius 1 is 1.28 bits per heavy atom. The lowest BCUT2D eigenvalue weighted by molar-refractivity contribution is 0.0444. The maximum absolute atomic E-state index is 12.3. The highest BCUT2D eigenvalue weighted by molar-refractivity contribution is 7.20. The molecule has 0 aliphatic rings. The molecule has 0 bridgehead atoms. The number of fused-ring (bicyclic) bond motifs is 1. The van der Waals surface area contributed by atoms with E-state index in [-0.39, 0.29) is 12.5 Å². The number of thiophene rings is 1. The Balaban J connectivity index is 1.46. The van der Waals surface area contributed by atoms with Gasteiger partial charge in [-0.25, -0.2) is 4.79 Å². The van der Waals surface area contributed by atoms with Crippen LogP contribution in [-0.4, -0.2) is 25.9 Å². The summed E-state index contributed by atoms with van der Waals surface area (Å²) in [5.74, 6) is 0.237. The Hall–Kier alpha value is -3.00. The molecule has 0 unspecified atom stereocenters. The van der Waals surface area contributed by atoms with Gasteiger partial charge in [0.1, 0.15) is 9.71 Å². The number of hydrogen-bond donors (Lipinski definition) is 0. The smallest absolute Gasteiger partial charge is 0.348 e. The van der Waals surface area contributed by atoms with Crippen molar-refractivity contribution >= 4 is 27.5 Å². The Bertz CT molecular complexity index is 1010. The molecule has 4 rings (SSSR count). The molecule has 126 valence electrons. The minimum absolute atomic E-state index is 0.0653. The molecule has 0 aliphatic carbocycles. The van der Waals surface area contributed by atoms with Crippen LogP contribution >= 0.6 is 11.3 Å². The number of rotatable bonds is 4. The van der Waals surface area contributed by atoms with Crippen LogP contribution in [0, 0.1) is 6.92 Å². The fraction of sp³-hybridized carbons (Fsp3) is 0.176. The van der Waals surface area contributed by atoms with Crippen LogP contribution in [0.4, 0.5) is 0 Å². The van der Waals surface area contributed by atoms with Crippen molar-refractivity contribution in [2.75, 3.05) is 0 Å². The molecule has 0 spiro atoms. The summed E-state index contributed by atoms with van der Waals surface area (Å²) in [5, 5.41) is 13.2. The van der Waals surface area contributed by atoms with Crippen molar-refractivity contribution in [3.05, 3.63) is 52.9 Å². The van der Waals surface area contributed by atoms with Crippen LogP contribution < -0.4 is 0 Å². The lowest BCUT2D eigenvalue weighted by Crippen LogP contribution is -2.03. The van der Waals surface area contributed by atoms with Crippen molar-refractivity contribution in [2.24, 2.45) is 7.05 Å². The Labute approximate surface area is 146 Å². The average Bonchev–Trinajstić information content (AvgIpc) is 3.32. The van der Waals surface area contributed by atoms with E-state index in [2.05, 4.69) is 15.3 Å². The van der Waals surface area contributed by atoms with E-state index in [1.54, 1.807) is 10.7 Å². The number of ether oxygens (including phenoxy) is 1. The minimum Gasteiger partial charge on any atom is -0.451 e. The zero-order chi connectivity index (χ0) is 17.4. The molecule has 0 atom stereocenters. The van der Waals surface area contributed by atoms with Gasteiger partial charge >= 0.3 is 5.97 Å². The molecule has 7 nitrogen and oxygen atoms in total. The van der Waals surface area contributed by atoms with Crippen LogP contribution in [0.15, 0.2) is 40.8 Å². The zero-order valence-corrected chi connectivity index (χ0v) is 14.4. The molecule has 3 aromatic heterocycles. The normalized spacial score (nSPS) is 11.1. The van der Waals surface area contributed by atoms with Gasteiger partial charge in [0.25, 0.3) is 5.89 Å². The summed E-state index contributed by atoms with van der Waals surface area (Å²) in [7, 11) is 1.85. The molecule has 0 amide bonds. The van der Waals surface area contributed by atoms with Crippen LogP contribution in [0.25, 0.3) is 21.7 Å². The highest BCUT2D eigenvalue weighted by atomic mass is 32.1. The topological polar surface area (TPSA) is 83.0 Å². The third kappa shape index (κ3) is 2.91. The molecule has 0 radical (unpaired) electrons. The van der Waals surface area contributed by atoms with Gasteiger partial charge in [-0.3, -0.25) is 4.68 Å². The number of benzene rings is 1. The maximum Gasteiger partial charge on any atom is 0.348 e. The van der Waals surface area contributed by atoms with Gasteiger partial charge in [0.05, 0.1) is 5.69 Å². The van der Waals surface area contributed by atoms with Crippen LogP contribution in [0.3, 0.4) is 0 Å². The van der Waals surface area contributed by atoms with E-state index in [1.165, 1.54) is 11.3 Å². The SMILES string of the molecule is Cc1nn(C)c2sc(C(=O)OCc3nnc(-c4ccccc4)o3)cc12. The standard InChI is InChI=1S/C17H14N4O3S/c1-10-12-8-13(25-16(12)21(2)20-10)17(22)23-9-14-18-19-15(24-14)11-6-4-3-5-7-11/h3-8H,9H2,1-2H3. The first-order chi connectivity index (χ1) is 12.1. The van der Waals surface area contributed by atoms with E-state index in [4.69, 9.17) is 9.15 Å². The summed E-state index contributed by atoms with van der Waals surface area (Å²) >= 11 is 1.35. The molecule has 3 heterocycles. The van der Waals surface area contributed by atoms with Gasteiger partial charge in [0, 0.05) is 18.0 Å². The number of carbonyl (C=O) groups excluding carboxylic acids is 1. The van der Waals surface area contributed by atoms with Crippen molar-refractivity contribution in [3.8, 4) is 11.5 Å². The summed E-state index contributed by atoms with van der Waals surface area (Å²) in [4.78, 5) is 13.7. The highest BCUT2D eigenvalue weighted by Gasteiger charge is 2.17. The first-order valence-electron chi connectivity index (χ1n) is 7.60. The number of nitrogens with zero attached hydrogens (tertiary/aromatic N) is 4. The molecule has 4 aromatic rings. The number of carbonyl (C=O) groups is 1. The summed E-state index contributed by atoms with van der Waals surface area (Å²) in [6.07, 6.45) is 0. The molecule has 0 saturated heterocycles. The number of aromatic nitrogens is 4. The Kier molecular flexibility index (Phi) is 3.81. The van der Waals surface area contributed by atoms with Gasteiger partial charge in [0.15, 0.2) is 6.61 Å². The molecule has 0 aliphatic heterocycles. The summed E-state index contributed by atoms with van der Waals surface area (Å²) in [6, 6.07) is 11.2. The fourth-order valence-electron chi connectivity index (χ4n) is 2.51. The second-order valence-electron chi connectivity index (χ2n) is 5.48. The third-order valence-corrected chi connectivity index (χ3v) is 4.89. The van der Waals surface area contributed by atoms with Crippen molar-refractivity contribution in [1.82, 2.24) is 20.0 Å². The van der Waals surface area contributed by atoms with Gasteiger partial charge in [-0.1, -0.05) is 18.2 Å². The van der Waals surface area contributed by atoms with Crippen LogP contribution in [-0.2, 0) is 18.4 Å². The second-order valence-corrected chi connectivity index (χ2v) is 6.51. The van der Waals surface area contributed by atoms with Crippen LogP contribution in [0.2, 0.25) is 0 Å². The van der Waals surface area contributed by atoms with Gasteiger partial charge in [-0.2, -0.15) is 5.10 Å². The van der Waals surface area contributed by atoms with E-state index in [9.17, 15) is 4.79 Å². The molecule has 25 heavy (non-hydrogen) atoms. The zero-order valence-electron chi connectivity index (χ0n) is 13.6. The largest absolute Gasteiger partial charge is 0.451 e. The monoisotopic (exact) mass is 354 g/mol. The van der Waals surface area contributed by atoms with Gasteiger partial charge in [0.2, 0.25) is 5.89 Å². The minimum atomic E-state index is -0.417. The van der Waals surface area contributed by atoms with Crippen molar-refractivity contribution in [2.45, 2.75) is 13.5 Å². The molecular weight excluding hydrogens is 340 g/mol. The average molecular weight is 354 g/mol. The highest BCUT2D eigenvalue weighted by Crippen LogP contribution is 2.28. The summed E-state index contributed by atoms with van der Waals surface area (Å²) in [5.41, 5.74) is 1.71. The molecule has 8 heteroatoms. The molecular formula is C17H14N4O3S. The lowest BCUT2D eigenvalue weighted by Gasteiger charge is -1.99. The second kappa shape index (κ2) is 6.14. The van der Waals surface area contributed by atoms with E-state index < -0.39 is 5.97 Å². The quantitative estimate of drug-likeness (QED) is 0.523. The van der Waals surface area contributed by atoms with E-state index in [1.807, 2.05) is 44.3 Å². The van der Waals surface area contributed by atoms with Gasteiger partial charge in [-0.05, 0) is 25.1 Å². The first kappa shape index (κ1) is 15.5. The molecule has 1 aromatic carbocycles. The van der Waals surface area contributed by atoms with Crippen molar-refractivity contribution in [3.63, 3.8) is 0 Å². The number of esters is 1. The number of aryl methyl sites for hydroxylation is 2. The van der Waals surface area contributed by atoms with Crippen molar-refractivity contribution in [1.29, 1.82) is 0 Å². The van der Waals surface area contributed by atoms with Crippen LogP contribution in [0.5, 0.6) is 0 Å². The van der Waals surface area contributed by atoms with E-state index in [0.29, 0.717) is 10.8 Å². The van der Waals surface area contributed by atoms with Gasteiger partial charge < -0.3 is 9.15 Å². The Morgan fingerprint density at radius 2 is 2.08 bits per heavy atom. The maximum atomic E-state index is 12.3. The Morgan fingerprint density at radius 3 is 2.84 bits per heavy atom. The van der Waals surface area contributed by atoms with E-state index in [0.717, 1.165) is 21.5 Å². The fourth-order valence-corrected chi connectivity index (χ4v) is 3.53.